The smallest absolute Gasteiger partial charge is 0.458 e. The van der Waals surface area contributed by atoms with Gasteiger partial charge in [-0.1, -0.05) is 6.58 Å². The van der Waals surface area contributed by atoms with Crippen LogP contribution in [0.3, 0.4) is 0 Å². The lowest BCUT2D eigenvalue weighted by atomic mass is 10.4. The highest BCUT2D eigenvalue weighted by Gasteiger charge is 2.13. The van der Waals surface area contributed by atoms with E-state index in [4.69, 9.17) is 10.2 Å². The van der Waals surface area contributed by atoms with Gasteiger partial charge in [0.2, 0.25) is 0 Å². The van der Waals surface area contributed by atoms with Crippen LogP contribution in [0.4, 0.5) is 4.79 Å². The van der Waals surface area contributed by atoms with Gasteiger partial charge in [0.05, 0.1) is 6.61 Å². The molecule has 1 atom stereocenters. The van der Waals surface area contributed by atoms with Gasteiger partial charge in [0, 0.05) is 6.08 Å². The molecule has 6 nitrogen and oxygen atoms in total. The number of aliphatic hydroxyl groups excluding tert-OH is 1. The van der Waals surface area contributed by atoms with Gasteiger partial charge in [-0.25, -0.2) is 9.59 Å². The number of aliphatic hydroxyl groups is 1. The van der Waals surface area contributed by atoms with Crippen LogP contribution in [-0.2, 0) is 14.3 Å². The third-order valence-corrected chi connectivity index (χ3v) is 1.05. The van der Waals surface area contributed by atoms with E-state index in [1.165, 1.54) is 0 Å². The van der Waals surface area contributed by atoms with Gasteiger partial charge < -0.3 is 19.7 Å². The lowest BCUT2D eigenvalue weighted by Gasteiger charge is -2.12. The normalized spacial score (nSPS) is 11.5. The molecule has 0 aromatic carbocycles. The average Bonchev–Trinajstić information content (AvgIpc) is 2.10. The largest absolute Gasteiger partial charge is 0.506 e. The zero-order valence-corrected chi connectivity index (χ0v) is 6.80. The van der Waals surface area contributed by atoms with Crippen molar-refractivity contribution in [3.63, 3.8) is 0 Å². The molecule has 0 aliphatic heterocycles. The maximum Gasteiger partial charge on any atom is 0.506 e. The number of hydrogen-bond acceptors (Lipinski definition) is 5. The second-order valence-corrected chi connectivity index (χ2v) is 2.02. The van der Waals surface area contributed by atoms with Crippen molar-refractivity contribution in [3.8, 4) is 0 Å². The molecule has 0 aromatic rings. The van der Waals surface area contributed by atoms with E-state index in [1.807, 2.05) is 0 Å². The summed E-state index contributed by atoms with van der Waals surface area (Å²) >= 11 is 0. The summed E-state index contributed by atoms with van der Waals surface area (Å²) in [5.74, 6) is -0.701. The second-order valence-electron chi connectivity index (χ2n) is 2.02. The number of esters is 1. The molecule has 2 N–H and O–H groups in total. The first-order valence-electron chi connectivity index (χ1n) is 3.39. The van der Waals surface area contributed by atoms with Crippen LogP contribution in [0.2, 0.25) is 0 Å². The Morgan fingerprint density at radius 1 is 1.54 bits per heavy atom. The van der Waals surface area contributed by atoms with Crippen LogP contribution in [0.1, 0.15) is 0 Å². The molecule has 0 saturated heterocycles. The van der Waals surface area contributed by atoms with Crippen molar-refractivity contribution in [2.75, 3.05) is 13.2 Å². The molecule has 0 spiro atoms. The SMILES string of the molecule is C=CC(=O)OCC(CO)OC(=O)O. The quantitative estimate of drug-likeness (QED) is 0.459. The summed E-state index contributed by atoms with van der Waals surface area (Å²) in [5, 5.41) is 16.7. The predicted octanol–water partition coefficient (Wildman–Crippen LogP) is -0.229. The monoisotopic (exact) mass is 190 g/mol. The van der Waals surface area contributed by atoms with E-state index in [1.54, 1.807) is 0 Å². The van der Waals surface area contributed by atoms with Crippen molar-refractivity contribution in [2.24, 2.45) is 0 Å². The number of carbonyl (C=O) groups excluding carboxylic acids is 1. The van der Waals surface area contributed by atoms with Gasteiger partial charge in [-0.05, 0) is 0 Å². The van der Waals surface area contributed by atoms with Gasteiger partial charge >= 0.3 is 12.1 Å². The van der Waals surface area contributed by atoms with E-state index in [-0.39, 0.29) is 6.61 Å². The van der Waals surface area contributed by atoms with Crippen molar-refractivity contribution < 1.29 is 29.3 Å². The van der Waals surface area contributed by atoms with Gasteiger partial charge in [-0.3, -0.25) is 0 Å². The molecule has 0 radical (unpaired) electrons. The van der Waals surface area contributed by atoms with Crippen LogP contribution in [0.25, 0.3) is 0 Å². The fourth-order valence-corrected chi connectivity index (χ4v) is 0.501. The number of carboxylic acid groups (broad SMARTS) is 1. The summed E-state index contributed by atoms with van der Waals surface area (Å²) in [7, 11) is 0. The van der Waals surface area contributed by atoms with Crippen LogP contribution < -0.4 is 0 Å². The third-order valence-electron chi connectivity index (χ3n) is 1.05. The van der Waals surface area contributed by atoms with Gasteiger partial charge in [-0.15, -0.1) is 0 Å². The molecule has 0 heterocycles. The number of rotatable bonds is 5. The van der Waals surface area contributed by atoms with Crippen molar-refractivity contribution in [1.82, 2.24) is 0 Å². The van der Waals surface area contributed by atoms with Crippen LogP contribution in [0.5, 0.6) is 0 Å². The number of ether oxygens (including phenoxy) is 2. The van der Waals surface area contributed by atoms with Gasteiger partial charge in [0.1, 0.15) is 6.61 Å². The third kappa shape index (κ3) is 5.68. The fraction of sp³-hybridized carbons (Fsp3) is 0.429. The molecule has 1 unspecified atom stereocenters. The fourth-order valence-electron chi connectivity index (χ4n) is 0.501. The van der Waals surface area contributed by atoms with E-state index in [2.05, 4.69) is 16.1 Å². The maximum atomic E-state index is 10.5. The molecule has 0 bridgehead atoms. The number of carbonyl (C=O) groups is 2. The minimum Gasteiger partial charge on any atom is -0.458 e. The Balaban J connectivity index is 3.77. The lowest BCUT2D eigenvalue weighted by Crippen LogP contribution is -2.27. The minimum absolute atomic E-state index is 0.326. The highest BCUT2D eigenvalue weighted by Crippen LogP contribution is 1.93. The molecule has 0 fully saturated rings. The summed E-state index contributed by atoms with van der Waals surface area (Å²) in [6.45, 7) is 2.26. The van der Waals surface area contributed by atoms with E-state index in [0.717, 1.165) is 6.08 Å². The minimum atomic E-state index is -1.53. The lowest BCUT2D eigenvalue weighted by molar-refractivity contribution is -0.141. The summed E-state index contributed by atoms with van der Waals surface area (Å²) in [6, 6.07) is 0. The molecular formula is C7H10O6. The highest BCUT2D eigenvalue weighted by atomic mass is 16.7. The molecule has 0 rings (SSSR count). The molecule has 0 aromatic heterocycles. The molecular weight excluding hydrogens is 180 g/mol. The molecule has 0 aliphatic carbocycles. The van der Waals surface area contributed by atoms with E-state index in [9.17, 15) is 9.59 Å². The Morgan fingerprint density at radius 3 is 2.54 bits per heavy atom. The second kappa shape index (κ2) is 6.01. The van der Waals surface area contributed by atoms with E-state index in [0.29, 0.717) is 0 Å². The first-order valence-corrected chi connectivity index (χ1v) is 3.39. The molecule has 6 heteroatoms. The summed E-state index contributed by atoms with van der Waals surface area (Å²) in [6.07, 6.45) is -1.66. The van der Waals surface area contributed by atoms with Crippen molar-refractivity contribution in [3.05, 3.63) is 12.7 Å². The molecule has 0 amide bonds. The predicted molar refractivity (Wildman–Crippen MR) is 41.1 cm³/mol. The van der Waals surface area contributed by atoms with Crippen LogP contribution in [0, 0.1) is 0 Å². The van der Waals surface area contributed by atoms with Gasteiger partial charge in [0.15, 0.2) is 6.10 Å². The average molecular weight is 190 g/mol. The zero-order valence-electron chi connectivity index (χ0n) is 6.80. The van der Waals surface area contributed by atoms with Crippen LogP contribution >= 0.6 is 0 Å². The topological polar surface area (TPSA) is 93.1 Å². The molecule has 0 saturated carbocycles. The Labute approximate surface area is 74.4 Å². The summed E-state index contributed by atoms with van der Waals surface area (Å²) < 4.78 is 8.59. The van der Waals surface area contributed by atoms with E-state index >= 15 is 0 Å². The van der Waals surface area contributed by atoms with E-state index < -0.39 is 24.8 Å². The maximum absolute atomic E-state index is 10.5. The number of hydrogen-bond donors (Lipinski definition) is 2. The molecule has 13 heavy (non-hydrogen) atoms. The van der Waals surface area contributed by atoms with Crippen molar-refractivity contribution in [2.45, 2.75) is 6.10 Å². The highest BCUT2D eigenvalue weighted by molar-refractivity contribution is 5.81. The Hall–Kier alpha value is -1.56. The molecule has 0 aliphatic rings. The first-order chi connectivity index (χ1) is 6.10. The summed E-state index contributed by atoms with van der Waals surface area (Å²) in [5.41, 5.74) is 0. The Bertz CT molecular complexity index is 199. The van der Waals surface area contributed by atoms with Crippen LogP contribution in [-0.4, -0.2) is 41.7 Å². The standard InChI is InChI=1S/C7H10O6/c1-2-6(9)12-4-5(3-8)13-7(10)11/h2,5,8H,1,3-4H2,(H,10,11). The molecule has 74 valence electrons. The Morgan fingerprint density at radius 2 is 2.15 bits per heavy atom. The van der Waals surface area contributed by atoms with Gasteiger partial charge in [0.25, 0.3) is 0 Å². The first kappa shape index (κ1) is 11.4. The Kier molecular flexibility index (Phi) is 5.29. The summed E-state index contributed by atoms with van der Waals surface area (Å²) in [4.78, 5) is 20.5. The van der Waals surface area contributed by atoms with Gasteiger partial charge in [-0.2, -0.15) is 0 Å². The van der Waals surface area contributed by atoms with Crippen molar-refractivity contribution >= 4 is 12.1 Å². The van der Waals surface area contributed by atoms with Crippen molar-refractivity contribution in [1.29, 1.82) is 0 Å². The van der Waals surface area contributed by atoms with Crippen LogP contribution in [0.15, 0.2) is 12.7 Å². The zero-order chi connectivity index (χ0) is 10.3.